The summed E-state index contributed by atoms with van der Waals surface area (Å²) in [4.78, 5) is 24.7. The van der Waals surface area contributed by atoms with Crippen molar-refractivity contribution >= 4 is 17.2 Å². The Labute approximate surface area is 161 Å². The van der Waals surface area contributed by atoms with Crippen LogP contribution in [0.5, 0.6) is 0 Å². The highest BCUT2D eigenvalue weighted by molar-refractivity contribution is 7.07. The summed E-state index contributed by atoms with van der Waals surface area (Å²) in [6.07, 6.45) is 0. The largest absolute Gasteiger partial charge is 0.347 e. The van der Waals surface area contributed by atoms with Crippen molar-refractivity contribution in [2.75, 3.05) is 0 Å². The number of amides is 1. The molecule has 140 valence electrons. The van der Waals surface area contributed by atoms with Crippen LogP contribution in [0, 0.1) is 11.7 Å². The van der Waals surface area contributed by atoms with E-state index in [1.165, 1.54) is 16.7 Å². The summed E-state index contributed by atoms with van der Waals surface area (Å²) < 4.78 is 14.6. The van der Waals surface area contributed by atoms with Crippen LogP contribution in [-0.2, 0) is 11.3 Å². The Kier molecular flexibility index (Phi) is 5.86. The maximum Gasteiger partial charge on any atom is 0.308 e. The van der Waals surface area contributed by atoms with Gasteiger partial charge in [0, 0.05) is 5.38 Å². The standard InChI is InChI=1S/C21H21FN2O2S/c1-14(2)20(16-6-4-3-5-7-16)23-19(25)12-24-18(13-27-21(24)26)15-8-10-17(22)11-9-15/h3-11,13-14,20H,12H2,1-2H3,(H,23,25)/t20-/m0/s1. The zero-order valence-electron chi connectivity index (χ0n) is 15.2. The molecule has 1 heterocycles. The van der Waals surface area contributed by atoms with E-state index in [-0.39, 0.29) is 35.1 Å². The van der Waals surface area contributed by atoms with Gasteiger partial charge in [-0.3, -0.25) is 14.2 Å². The number of nitrogens with one attached hydrogen (secondary N) is 1. The second kappa shape index (κ2) is 8.31. The van der Waals surface area contributed by atoms with Crippen molar-refractivity contribution in [3.05, 3.63) is 81.0 Å². The fraction of sp³-hybridized carbons (Fsp3) is 0.238. The van der Waals surface area contributed by atoms with Crippen LogP contribution in [0.2, 0.25) is 0 Å². The Morgan fingerprint density at radius 3 is 2.41 bits per heavy atom. The highest BCUT2D eigenvalue weighted by atomic mass is 32.1. The fourth-order valence-electron chi connectivity index (χ4n) is 2.98. The molecule has 0 aliphatic rings. The lowest BCUT2D eigenvalue weighted by atomic mass is 9.96. The van der Waals surface area contributed by atoms with Gasteiger partial charge in [-0.1, -0.05) is 55.5 Å². The lowest BCUT2D eigenvalue weighted by Crippen LogP contribution is -2.36. The van der Waals surface area contributed by atoms with E-state index in [0.717, 1.165) is 16.9 Å². The first kappa shape index (κ1) is 19.0. The number of rotatable bonds is 6. The molecule has 0 radical (unpaired) electrons. The third-order valence-corrected chi connectivity index (χ3v) is 5.13. The number of nitrogens with zero attached hydrogens (tertiary/aromatic N) is 1. The molecule has 6 heteroatoms. The van der Waals surface area contributed by atoms with Crippen molar-refractivity contribution < 1.29 is 9.18 Å². The Bertz CT molecular complexity index is 962. The number of carbonyl (C=O) groups excluding carboxylic acids is 1. The third kappa shape index (κ3) is 4.52. The average Bonchev–Trinajstić information content (AvgIpc) is 3.01. The minimum Gasteiger partial charge on any atom is -0.347 e. The molecule has 1 N–H and O–H groups in total. The van der Waals surface area contributed by atoms with Gasteiger partial charge in [-0.25, -0.2) is 4.39 Å². The van der Waals surface area contributed by atoms with E-state index in [1.807, 2.05) is 44.2 Å². The van der Waals surface area contributed by atoms with Crippen molar-refractivity contribution in [2.24, 2.45) is 5.92 Å². The first-order chi connectivity index (χ1) is 13.0. The summed E-state index contributed by atoms with van der Waals surface area (Å²) in [5, 5.41) is 4.73. The molecule has 4 nitrogen and oxygen atoms in total. The second-order valence-electron chi connectivity index (χ2n) is 6.68. The average molecular weight is 384 g/mol. The molecular formula is C21H21FN2O2S. The third-order valence-electron chi connectivity index (χ3n) is 4.37. The van der Waals surface area contributed by atoms with Crippen LogP contribution in [0.4, 0.5) is 4.39 Å². The van der Waals surface area contributed by atoms with E-state index in [4.69, 9.17) is 0 Å². The van der Waals surface area contributed by atoms with Gasteiger partial charge in [0.2, 0.25) is 5.91 Å². The Morgan fingerprint density at radius 2 is 1.78 bits per heavy atom. The quantitative estimate of drug-likeness (QED) is 0.691. The molecule has 0 fully saturated rings. The first-order valence-electron chi connectivity index (χ1n) is 8.74. The van der Waals surface area contributed by atoms with Gasteiger partial charge in [-0.15, -0.1) is 0 Å². The van der Waals surface area contributed by atoms with Gasteiger partial charge in [-0.2, -0.15) is 0 Å². The number of carbonyl (C=O) groups is 1. The lowest BCUT2D eigenvalue weighted by molar-refractivity contribution is -0.122. The maximum absolute atomic E-state index is 13.2. The number of benzene rings is 2. The molecule has 3 rings (SSSR count). The predicted octanol–water partition coefficient (Wildman–Crippen LogP) is 4.23. The van der Waals surface area contributed by atoms with E-state index in [1.54, 1.807) is 17.5 Å². The molecule has 0 saturated heterocycles. The monoisotopic (exact) mass is 384 g/mol. The molecule has 0 saturated carbocycles. The zero-order chi connectivity index (χ0) is 19.4. The Hall–Kier alpha value is -2.73. The normalized spacial score (nSPS) is 12.1. The van der Waals surface area contributed by atoms with Crippen LogP contribution in [0.3, 0.4) is 0 Å². The van der Waals surface area contributed by atoms with E-state index >= 15 is 0 Å². The fourth-order valence-corrected chi connectivity index (χ4v) is 3.75. The van der Waals surface area contributed by atoms with Crippen LogP contribution in [0.1, 0.15) is 25.5 Å². The number of hydrogen-bond acceptors (Lipinski definition) is 3. The summed E-state index contributed by atoms with van der Waals surface area (Å²) in [7, 11) is 0. The van der Waals surface area contributed by atoms with E-state index in [2.05, 4.69) is 5.32 Å². The number of aromatic nitrogens is 1. The van der Waals surface area contributed by atoms with Crippen LogP contribution in [0.15, 0.2) is 64.8 Å². The van der Waals surface area contributed by atoms with Crippen molar-refractivity contribution in [1.82, 2.24) is 9.88 Å². The molecule has 0 bridgehead atoms. The Morgan fingerprint density at radius 1 is 1.11 bits per heavy atom. The maximum atomic E-state index is 13.2. The van der Waals surface area contributed by atoms with Gasteiger partial charge in [0.15, 0.2) is 0 Å². The topological polar surface area (TPSA) is 51.1 Å². The summed E-state index contributed by atoms with van der Waals surface area (Å²) in [5.41, 5.74) is 2.34. The van der Waals surface area contributed by atoms with Crippen molar-refractivity contribution in [3.63, 3.8) is 0 Å². The molecule has 1 atom stereocenters. The highest BCUT2D eigenvalue weighted by Crippen LogP contribution is 2.23. The van der Waals surface area contributed by atoms with Crippen LogP contribution < -0.4 is 10.2 Å². The van der Waals surface area contributed by atoms with Gasteiger partial charge < -0.3 is 5.32 Å². The van der Waals surface area contributed by atoms with E-state index in [9.17, 15) is 14.0 Å². The zero-order valence-corrected chi connectivity index (χ0v) is 16.0. The number of hydrogen-bond donors (Lipinski definition) is 1. The van der Waals surface area contributed by atoms with Gasteiger partial charge >= 0.3 is 4.87 Å². The molecular weight excluding hydrogens is 363 g/mol. The molecule has 1 amide bonds. The SMILES string of the molecule is CC(C)[C@H](NC(=O)Cn1c(-c2ccc(F)cc2)csc1=O)c1ccccc1. The Balaban J connectivity index is 1.81. The van der Waals surface area contributed by atoms with Crippen molar-refractivity contribution in [1.29, 1.82) is 0 Å². The lowest BCUT2D eigenvalue weighted by Gasteiger charge is -2.23. The summed E-state index contributed by atoms with van der Waals surface area (Å²) in [6.45, 7) is 4.00. The molecule has 3 aromatic rings. The summed E-state index contributed by atoms with van der Waals surface area (Å²) in [5.74, 6) is -0.378. The van der Waals surface area contributed by atoms with Crippen molar-refractivity contribution in [3.8, 4) is 11.3 Å². The first-order valence-corrected chi connectivity index (χ1v) is 9.62. The minimum absolute atomic E-state index is 0.0783. The molecule has 0 aliphatic carbocycles. The molecule has 0 spiro atoms. The van der Waals surface area contributed by atoms with Gasteiger partial charge in [0.1, 0.15) is 12.4 Å². The summed E-state index contributed by atoms with van der Waals surface area (Å²) >= 11 is 1.03. The van der Waals surface area contributed by atoms with Crippen molar-refractivity contribution in [2.45, 2.75) is 26.4 Å². The van der Waals surface area contributed by atoms with Crippen LogP contribution >= 0.6 is 11.3 Å². The molecule has 1 aromatic heterocycles. The van der Waals surface area contributed by atoms with E-state index in [0.29, 0.717) is 11.3 Å². The number of thiazole rings is 1. The minimum atomic E-state index is -0.344. The molecule has 0 aliphatic heterocycles. The van der Waals surface area contributed by atoms with Gasteiger partial charge in [0.05, 0.1) is 11.7 Å². The van der Waals surface area contributed by atoms with Gasteiger partial charge in [-0.05, 0) is 41.3 Å². The van der Waals surface area contributed by atoms with Gasteiger partial charge in [0.25, 0.3) is 0 Å². The summed E-state index contributed by atoms with van der Waals surface area (Å²) in [6, 6.07) is 15.5. The van der Waals surface area contributed by atoms with E-state index < -0.39 is 0 Å². The second-order valence-corrected chi connectivity index (χ2v) is 7.50. The molecule has 27 heavy (non-hydrogen) atoms. The highest BCUT2D eigenvalue weighted by Gasteiger charge is 2.20. The number of halogens is 1. The molecule has 0 unspecified atom stereocenters. The predicted molar refractivity (Wildman–Crippen MR) is 106 cm³/mol. The van der Waals surface area contributed by atoms with Crippen LogP contribution in [0.25, 0.3) is 11.3 Å². The molecule has 2 aromatic carbocycles. The smallest absolute Gasteiger partial charge is 0.308 e. The van der Waals surface area contributed by atoms with Crippen LogP contribution in [-0.4, -0.2) is 10.5 Å².